The van der Waals surface area contributed by atoms with Crippen LogP contribution in [0.25, 0.3) is 0 Å². The smallest absolute Gasteiger partial charge is 0.220 e. The Morgan fingerprint density at radius 2 is 2.40 bits per heavy atom. The number of aryl methyl sites for hydroxylation is 1. The Bertz CT molecular complexity index is 364. The van der Waals surface area contributed by atoms with Gasteiger partial charge in [-0.05, 0) is 62.6 Å². The lowest BCUT2D eigenvalue weighted by Crippen LogP contribution is -2.33. The molecule has 0 aromatic carbocycles. The first-order valence-corrected chi connectivity index (χ1v) is 8.22. The molecule has 2 rings (SSSR count). The number of carbonyl (C=O) groups is 1. The highest BCUT2D eigenvalue weighted by Crippen LogP contribution is 2.13. The molecule has 2 N–H and O–H groups in total. The summed E-state index contributed by atoms with van der Waals surface area (Å²) >= 11 is 1.77. The zero-order valence-electron chi connectivity index (χ0n) is 11.9. The molecule has 1 saturated heterocycles. The molecule has 1 aromatic heterocycles. The van der Waals surface area contributed by atoms with Gasteiger partial charge in [-0.25, -0.2) is 0 Å². The first-order valence-electron chi connectivity index (χ1n) is 7.34. The molecule has 0 bridgehead atoms. The van der Waals surface area contributed by atoms with Gasteiger partial charge in [0.2, 0.25) is 5.91 Å². The Labute approximate surface area is 131 Å². The number of hydrogen-bond donors (Lipinski definition) is 2. The van der Waals surface area contributed by atoms with Gasteiger partial charge in [-0.1, -0.05) is 6.07 Å². The fourth-order valence-corrected chi connectivity index (χ4v) is 3.30. The molecule has 0 aliphatic carbocycles. The Hall–Kier alpha value is -0.580. The molecule has 1 amide bonds. The zero-order valence-corrected chi connectivity index (χ0v) is 13.5. The third kappa shape index (κ3) is 6.73. The van der Waals surface area contributed by atoms with Gasteiger partial charge in [0.15, 0.2) is 0 Å². The Morgan fingerprint density at radius 1 is 1.50 bits per heavy atom. The predicted molar refractivity (Wildman–Crippen MR) is 87.7 cm³/mol. The second kappa shape index (κ2) is 10.2. The lowest BCUT2D eigenvalue weighted by atomic mass is 9.96. The quantitative estimate of drug-likeness (QED) is 0.812. The Balaban J connectivity index is 0.00000200. The van der Waals surface area contributed by atoms with Crippen LogP contribution >= 0.6 is 23.7 Å². The van der Waals surface area contributed by atoms with Gasteiger partial charge in [0.25, 0.3) is 0 Å². The highest BCUT2D eigenvalue weighted by atomic mass is 35.5. The van der Waals surface area contributed by atoms with E-state index < -0.39 is 0 Å². The van der Waals surface area contributed by atoms with Crippen molar-refractivity contribution in [2.24, 2.45) is 5.92 Å². The minimum absolute atomic E-state index is 0. The van der Waals surface area contributed by atoms with Gasteiger partial charge >= 0.3 is 0 Å². The summed E-state index contributed by atoms with van der Waals surface area (Å²) in [5.41, 5.74) is 0. The van der Waals surface area contributed by atoms with Crippen molar-refractivity contribution in [2.75, 3.05) is 19.6 Å². The molecule has 0 saturated carbocycles. The standard InChI is InChI=1S/C15H24N2OS.ClH/c18-15(7-1-5-14-6-3-11-19-14)17-10-8-13-4-2-9-16-12-13;/h3,6,11,13,16H,1-2,4-5,7-10,12H2,(H,17,18);1H. The lowest BCUT2D eigenvalue weighted by Gasteiger charge is -2.22. The summed E-state index contributed by atoms with van der Waals surface area (Å²) in [5, 5.41) is 8.55. The van der Waals surface area contributed by atoms with Crippen LogP contribution in [-0.4, -0.2) is 25.5 Å². The molecule has 1 atom stereocenters. The summed E-state index contributed by atoms with van der Waals surface area (Å²) < 4.78 is 0. The third-order valence-corrected chi connectivity index (χ3v) is 4.62. The largest absolute Gasteiger partial charge is 0.356 e. The van der Waals surface area contributed by atoms with E-state index in [0.29, 0.717) is 6.42 Å². The molecule has 1 aromatic rings. The number of piperidine rings is 1. The first-order chi connectivity index (χ1) is 9.34. The van der Waals surface area contributed by atoms with Gasteiger partial charge in [-0.3, -0.25) is 4.79 Å². The van der Waals surface area contributed by atoms with E-state index in [9.17, 15) is 4.79 Å². The van der Waals surface area contributed by atoms with Crippen LogP contribution in [0.5, 0.6) is 0 Å². The second-order valence-electron chi connectivity index (χ2n) is 5.28. The van der Waals surface area contributed by atoms with E-state index in [1.807, 2.05) is 0 Å². The van der Waals surface area contributed by atoms with Crippen molar-refractivity contribution in [1.29, 1.82) is 0 Å². The minimum atomic E-state index is 0. The molecule has 2 heterocycles. The number of thiophene rings is 1. The summed E-state index contributed by atoms with van der Waals surface area (Å²) in [6.45, 7) is 3.12. The molecule has 5 heteroatoms. The lowest BCUT2D eigenvalue weighted by molar-refractivity contribution is -0.121. The molecular formula is C15H25ClN2OS. The Morgan fingerprint density at radius 3 is 3.10 bits per heavy atom. The number of hydrogen-bond acceptors (Lipinski definition) is 3. The third-order valence-electron chi connectivity index (χ3n) is 3.68. The van der Waals surface area contributed by atoms with Crippen molar-refractivity contribution in [3.05, 3.63) is 22.4 Å². The van der Waals surface area contributed by atoms with Gasteiger partial charge in [0.1, 0.15) is 0 Å². The average molecular weight is 317 g/mol. The second-order valence-corrected chi connectivity index (χ2v) is 6.32. The molecular weight excluding hydrogens is 292 g/mol. The van der Waals surface area contributed by atoms with E-state index in [2.05, 4.69) is 28.1 Å². The normalized spacial score (nSPS) is 18.3. The monoisotopic (exact) mass is 316 g/mol. The first kappa shape index (κ1) is 17.5. The molecule has 1 aliphatic rings. The maximum Gasteiger partial charge on any atom is 0.220 e. The summed E-state index contributed by atoms with van der Waals surface area (Å²) in [6, 6.07) is 4.21. The number of halogens is 1. The summed E-state index contributed by atoms with van der Waals surface area (Å²) in [7, 11) is 0. The number of rotatable bonds is 7. The molecule has 0 spiro atoms. The SMILES string of the molecule is Cl.O=C(CCCc1cccs1)NCCC1CCCNC1. The van der Waals surface area contributed by atoms with Crippen molar-refractivity contribution >= 4 is 29.7 Å². The maximum atomic E-state index is 11.7. The van der Waals surface area contributed by atoms with Crippen LogP contribution in [0, 0.1) is 5.92 Å². The molecule has 0 radical (unpaired) electrons. The highest BCUT2D eigenvalue weighted by molar-refractivity contribution is 7.09. The molecule has 20 heavy (non-hydrogen) atoms. The van der Waals surface area contributed by atoms with E-state index in [4.69, 9.17) is 0 Å². The van der Waals surface area contributed by atoms with Crippen molar-refractivity contribution in [3.8, 4) is 0 Å². The van der Waals surface area contributed by atoms with Gasteiger partial charge in [-0.2, -0.15) is 0 Å². The van der Waals surface area contributed by atoms with Gasteiger partial charge in [0, 0.05) is 17.8 Å². The summed E-state index contributed by atoms with van der Waals surface area (Å²) in [5.74, 6) is 0.959. The number of nitrogens with one attached hydrogen (secondary N) is 2. The van der Waals surface area contributed by atoms with Crippen molar-refractivity contribution in [3.63, 3.8) is 0 Å². The van der Waals surface area contributed by atoms with Crippen molar-refractivity contribution < 1.29 is 4.79 Å². The zero-order chi connectivity index (χ0) is 13.3. The fourth-order valence-electron chi connectivity index (χ4n) is 2.55. The highest BCUT2D eigenvalue weighted by Gasteiger charge is 2.12. The van der Waals surface area contributed by atoms with Gasteiger partial charge in [-0.15, -0.1) is 23.7 Å². The van der Waals surface area contributed by atoms with Crippen molar-refractivity contribution in [1.82, 2.24) is 10.6 Å². The summed E-state index contributed by atoms with van der Waals surface area (Å²) in [4.78, 5) is 13.1. The van der Waals surface area contributed by atoms with E-state index >= 15 is 0 Å². The van der Waals surface area contributed by atoms with Crippen LogP contribution in [0.4, 0.5) is 0 Å². The van der Waals surface area contributed by atoms with Crippen molar-refractivity contribution in [2.45, 2.75) is 38.5 Å². The summed E-state index contributed by atoms with van der Waals surface area (Å²) in [6.07, 6.45) is 6.33. The molecule has 3 nitrogen and oxygen atoms in total. The van der Waals surface area contributed by atoms with Crippen LogP contribution in [0.2, 0.25) is 0 Å². The Kier molecular flexibility index (Phi) is 8.90. The van der Waals surface area contributed by atoms with E-state index in [0.717, 1.165) is 44.8 Å². The maximum absolute atomic E-state index is 11.7. The van der Waals surface area contributed by atoms with Crippen LogP contribution in [0.3, 0.4) is 0 Å². The predicted octanol–water partition coefficient (Wildman–Crippen LogP) is 3.00. The molecule has 1 aliphatic heterocycles. The molecule has 114 valence electrons. The number of amides is 1. The average Bonchev–Trinajstić information content (AvgIpc) is 2.93. The van der Waals surface area contributed by atoms with E-state index in [-0.39, 0.29) is 18.3 Å². The minimum Gasteiger partial charge on any atom is -0.356 e. The molecule has 1 unspecified atom stereocenters. The van der Waals surface area contributed by atoms with E-state index in [1.54, 1.807) is 11.3 Å². The molecule has 1 fully saturated rings. The topological polar surface area (TPSA) is 41.1 Å². The van der Waals surface area contributed by atoms with Crippen LogP contribution in [0.15, 0.2) is 17.5 Å². The van der Waals surface area contributed by atoms with Gasteiger partial charge in [0.05, 0.1) is 0 Å². The van der Waals surface area contributed by atoms with Gasteiger partial charge < -0.3 is 10.6 Å². The van der Waals surface area contributed by atoms with Crippen LogP contribution < -0.4 is 10.6 Å². The fraction of sp³-hybridized carbons (Fsp3) is 0.667. The van der Waals surface area contributed by atoms with Crippen LogP contribution in [0.1, 0.15) is 37.0 Å². The number of carbonyl (C=O) groups excluding carboxylic acids is 1. The van der Waals surface area contributed by atoms with Crippen LogP contribution in [-0.2, 0) is 11.2 Å². The van der Waals surface area contributed by atoms with E-state index in [1.165, 1.54) is 17.7 Å².